The summed E-state index contributed by atoms with van der Waals surface area (Å²) in [4.78, 5) is 49.5. The number of fused-ring (bicyclic) bond motifs is 7. The molecule has 0 aliphatic heterocycles. The molecule has 0 unspecified atom stereocenters. The number of ether oxygens (including phenoxy) is 6. The molecule has 0 aliphatic carbocycles. The van der Waals surface area contributed by atoms with Crippen LogP contribution < -0.4 is 34.0 Å². The molecule has 0 bridgehead atoms. The SMILES string of the molecule is COc1ccc(-c2c3c4cc(OC)c(OC(C)=O)cc4oc(=O)c3n3ccc4cc(OC(C)=O)c(OC)cc4c23)cc1OC(C)=O. The number of carbonyl (C=O) groups is 3. The van der Waals surface area contributed by atoms with Crippen LogP contribution in [-0.2, 0) is 14.4 Å². The van der Waals surface area contributed by atoms with Crippen molar-refractivity contribution >= 4 is 56.1 Å². The van der Waals surface area contributed by atoms with E-state index in [2.05, 4.69) is 0 Å². The van der Waals surface area contributed by atoms with E-state index in [1.165, 1.54) is 48.2 Å². The molecule has 6 aromatic rings. The lowest BCUT2D eigenvalue weighted by Crippen LogP contribution is -2.05. The third-order valence-corrected chi connectivity index (χ3v) is 7.34. The number of carbonyl (C=O) groups excluding carboxylic acids is 3. The Morgan fingerprint density at radius 2 is 1.20 bits per heavy atom. The largest absolute Gasteiger partial charge is 0.493 e. The van der Waals surface area contributed by atoms with Gasteiger partial charge in [-0.3, -0.25) is 14.4 Å². The molecular weight excluding hydrogens is 598 g/mol. The van der Waals surface area contributed by atoms with Crippen LogP contribution in [0.15, 0.2) is 63.9 Å². The minimum absolute atomic E-state index is 0.0742. The predicted molar refractivity (Wildman–Crippen MR) is 167 cm³/mol. The van der Waals surface area contributed by atoms with E-state index in [9.17, 15) is 19.2 Å². The predicted octanol–water partition coefficient (Wildman–Crippen LogP) is 5.82. The van der Waals surface area contributed by atoms with Crippen LogP contribution in [0.1, 0.15) is 20.8 Å². The molecule has 0 saturated heterocycles. The van der Waals surface area contributed by atoms with Crippen molar-refractivity contribution < 1.29 is 47.2 Å². The average molecular weight is 626 g/mol. The molecule has 234 valence electrons. The Labute approximate surface area is 260 Å². The number of benzene rings is 3. The fourth-order valence-electron chi connectivity index (χ4n) is 5.64. The fourth-order valence-corrected chi connectivity index (χ4v) is 5.64. The molecule has 46 heavy (non-hydrogen) atoms. The second-order valence-corrected chi connectivity index (χ2v) is 10.3. The van der Waals surface area contributed by atoms with Crippen molar-refractivity contribution in [1.82, 2.24) is 4.40 Å². The zero-order chi connectivity index (χ0) is 32.9. The van der Waals surface area contributed by atoms with Crippen LogP contribution in [0.2, 0.25) is 0 Å². The van der Waals surface area contributed by atoms with E-state index in [0.717, 1.165) is 0 Å². The van der Waals surface area contributed by atoms with Gasteiger partial charge in [0.05, 0.1) is 26.8 Å². The van der Waals surface area contributed by atoms with Crippen LogP contribution in [0.3, 0.4) is 0 Å². The lowest BCUT2D eigenvalue weighted by atomic mass is 9.98. The van der Waals surface area contributed by atoms with Crippen LogP contribution >= 0.6 is 0 Å². The van der Waals surface area contributed by atoms with E-state index in [4.69, 9.17) is 32.8 Å². The molecule has 3 heterocycles. The highest BCUT2D eigenvalue weighted by atomic mass is 16.6. The average Bonchev–Trinajstić information content (AvgIpc) is 3.36. The molecule has 0 radical (unpaired) electrons. The van der Waals surface area contributed by atoms with Gasteiger partial charge in [-0.15, -0.1) is 0 Å². The van der Waals surface area contributed by atoms with Gasteiger partial charge in [-0.05, 0) is 47.3 Å². The van der Waals surface area contributed by atoms with Crippen LogP contribution in [0.25, 0.3) is 49.3 Å². The van der Waals surface area contributed by atoms with Gasteiger partial charge >= 0.3 is 23.5 Å². The summed E-state index contributed by atoms with van der Waals surface area (Å²) < 4.78 is 40.3. The van der Waals surface area contributed by atoms with Crippen molar-refractivity contribution in [2.24, 2.45) is 0 Å². The van der Waals surface area contributed by atoms with Gasteiger partial charge in [0.1, 0.15) is 11.1 Å². The Balaban J connectivity index is 1.84. The number of esters is 3. The van der Waals surface area contributed by atoms with E-state index in [1.54, 1.807) is 53.1 Å². The van der Waals surface area contributed by atoms with Gasteiger partial charge in [0.2, 0.25) is 0 Å². The Bertz CT molecular complexity index is 2310. The molecule has 6 rings (SSSR count). The second-order valence-electron chi connectivity index (χ2n) is 10.3. The zero-order valence-corrected chi connectivity index (χ0v) is 25.6. The number of pyridine rings is 1. The van der Waals surface area contributed by atoms with Gasteiger partial charge in [0, 0.05) is 54.8 Å². The highest BCUT2D eigenvalue weighted by molar-refractivity contribution is 6.22. The van der Waals surface area contributed by atoms with E-state index in [-0.39, 0.29) is 39.8 Å². The Morgan fingerprint density at radius 3 is 1.78 bits per heavy atom. The summed E-state index contributed by atoms with van der Waals surface area (Å²) >= 11 is 0. The Morgan fingerprint density at radius 1 is 0.630 bits per heavy atom. The lowest BCUT2D eigenvalue weighted by molar-refractivity contribution is -0.132. The first-order valence-corrected chi connectivity index (χ1v) is 13.9. The zero-order valence-electron chi connectivity index (χ0n) is 25.6. The first kappa shape index (κ1) is 30.0. The summed E-state index contributed by atoms with van der Waals surface area (Å²) in [6.45, 7) is 3.82. The Hall–Kier alpha value is -6.04. The number of hydrogen-bond acceptors (Lipinski definition) is 11. The van der Waals surface area contributed by atoms with Crippen LogP contribution in [0, 0.1) is 0 Å². The smallest absolute Gasteiger partial charge is 0.361 e. The number of hydrogen-bond donors (Lipinski definition) is 0. The molecular formula is C34H27NO11. The standard InChI is InChI=1S/C34H27NO11/c1-16(36)43-27-12-20(7-8-23(27)40-4)30-31-22-14-26(42-6)29(45-18(3)38)15-24(22)46-34(39)33(31)35-10-9-19-11-28(44-17(2)37)25(41-5)13-21(19)32(30)35/h7-15H,1-6H3. The van der Waals surface area contributed by atoms with Crippen molar-refractivity contribution in [3.63, 3.8) is 0 Å². The van der Waals surface area contributed by atoms with Gasteiger partial charge < -0.3 is 37.2 Å². The third-order valence-electron chi connectivity index (χ3n) is 7.34. The quantitative estimate of drug-likeness (QED) is 0.120. The maximum atomic E-state index is 13.8. The number of aromatic nitrogens is 1. The molecule has 0 saturated carbocycles. The van der Waals surface area contributed by atoms with Crippen molar-refractivity contribution in [3.8, 4) is 45.6 Å². The molecule has 0 N–H and O–H groups in total. The first-order chi connectivity index (χ1) is 22.0. The van der Waals surface area contributed by atoms with Gasteiger partial charge in [-0.25, -0.2) is 4.79 Å². The molecule has 0 fully saturated rings. The third kappa shape index (κ3) is 4.99. The normalized spacial score (nSPS) is 11.2. The van der Waals surface area contributed by atoms with Crippen molar-refractivity contribution in [3.05, 3.63) is 65.1 Å². The second kappa shape index (κ2) is 11.5. The van der Waals surface area contributed by atoms with E-state index < -0.39 is 23.5 Å². The summed E-state index contributed by atoms with van der Waals surface area (Å²) in [6, 6.07) is 13.3. The summed E-state index contributed by atoms with van der Waals surface area (Å²) in [5.74, 6) is -0.360. The maximum Gasteiger partial charge on any atom is 0.361 e. The molecule has 12 heteroatoms. The first-order valence-electron chi connectivity index (χ1n) is 13.9. The highest BCUT2D eigenvalue weighted by Crippen LogP contribution is 2.46. The van der Waals surface area contributed by atoms with Gasteiger partial charge in [0.15, 0.2) is 34.5 Å². The van der Waals surface area contributed by atoms with E-state index >= 15 is 0 Å². The van der Waals surface area contributed by atoms with Crippen LogP contribution in [0.4, 0.5) is 0 Å². The molecule has 3 aromatic carbocycles. The molecule has 12 nitrogen and oxygen atoms in total. The summed E-state index contributed by atoms with van der Waals surface area (Å²) in [6.07, 6.45) is 1.71. The highest BCUT2D eigenvalue weighted by Gasteiger charge is 2.26. The summed E-state index contributed by atoms with van der Waals surface area (Å²) in [5, 5.41) is 2.27. The number of rotatable bonds is 7. The van der Waals surface area contributed by atoms with Crippen molar-refractivity contribution in [1.29, 1.82) is 0 Å². The van der Waals surface area contributed by atoms with Crippen molar-refractivity contribution in [2.45, 2.75) is 20.8 Å². The molecule has 0 amide bonds. The maximum absolute atomic E-state index is 13.8. The summed E-state index contributed by atoms with van der Waals surface area (Å²) in [5.41, 5.74) is 1.38. The van der Waals surface area contributed by atoms with E-state index in [1.807, 2.05) is 0 Å². The van der Waals surface area contributed by atoms with Crippen molar-refractivity contribution in [2.75, 3.05) is 21.3 Å². The fraction of sp³-hybridized carbons (Fsp3) is 0.176. The molecule has 0 aliphatic rings. The minimum atomic E-state index is -0.667. The topological polar surface area (TPSA) is 141 Å². The number of nitrogens with zero attached hydrogens (tertiary/aromatic N) is 1. The van der Waals surface area contributed by atoms with Gasteiger partial charge in [-0.1, -0.05) is 6.07 Å². The summed E-state index contributed by atoms with van der Waals surface area (Å²) in [7, 11) is 4.34. The Kier molecular flexibility index (Phi) is 7.48. The van der Waals surface area contributed by atoms with Gasteiger partial charge in [0.25, 0.3) is 0 Å². The van der Waals surface area contributed by atoms with Crippen LogP contribution in [-0.4, -0.2) is 43.6 Å². The van der Waals surface area contributed by atoms with E-state index in [0.29, 0.717) is 43.9 Å². The lowest BCUT2D eigenvalue weighted by Gasteiger charge is -2.13. The van der Waals surface area contributed by atoms with Crippen LogP contribution in [0.5, 0.6) is 34.5 Å². The van der Waals surface area contributed by atoms with Gasteiger partial charge in [-0.2, -0.15) is 0 Å². The number of methoxy groups -OCH3 is 3. The monoisotopic (exact) mass is 625 g/mol. The minimum Gasteiger partial charge on any atom is -0.493 e. The molecule has 3 aromatic heterocycles. The molecule has 0 spiro atoms. The molecule has 0 atom stereocenters.